The van der Waals surface area contributed by atoms with Crippen LogP contribution in [-0.4, -0.2) is 96.6 Å². The highest BCUT2D eigenvalue weighted by Gasteiger charge is 2.01. The Hall–Kier alpha value is -0.820. The third-order valence-electron chi connectivity index (χ3n) is 2.66. The molecule has 0 aliphatic rings. The van der Waals surface area contributed by atoms with Gasteiger partial charge in [-0.2, -0.15) is 8.42 Å². The number of hydrogen-bond donors (Lipinski definition) is 3. The van der Waals surface area contributed by atoms with Crippen LogP contribution in [-0.2, 0) is 33.9 Å². The average Bonchev–Trinajstić information content (AvgIpc) is 2.55. The van der Waals surface area contributed by atoms with Crippen LogP contribution in [0.3, 0.4) is 0 Å². The van der Waals surface area contributed by atoms with E-state index in [2.05, 4.69) is 10.6 Å². The lowest BCUT2D eigenvalue weighted by atomic mass is 10.4. The Balaban J connectivity index is 0. The van der Waals surface area contributed by atoms with E-state index in [-0.39, 0.29) is 12.0 Å². The van der Waals surface area contributed by atoms with Crippen LogP contribution in [0.2, 0.25) is 0 Å². The molecule has 0 aliphatic heterocycles. The summed E-state index contributed by atoms with van der Waals surface area (Å²) in [5.74, 6) is -0.0165. The highest BCUT2D eigenvalue weighted by molar-refractivity contribution is 7.85. The van der Waals surface area contributed by atoms with E-state index < -0.39 is 10.1 Å². The normalized spacial score (nSPS) is 11.4. The molecule has 0 saturated heterocycles. The molecule has 0 aromatic rings. The maximum Gasteiger partial charge on any atom is 0.261 e. The number of hydrogen-bond acceptors (Lipinski definition) is 8. The van der Waals surface area contributed by atoms with Crippen molar-refractivity contribution in [2.24, 2.45) is 0 Å². The molecular formula is C17H38N2O8S. The summed E-state index contributed by atoms with van der Waals surface area (Å²) in [6, 6.07) is 0.306. The summed E-state index contributed by atoms with van der Waals surface area (Å²) in [5.41, 5.74) is 0. The summed E-state index contributed by atoms with van der Waals surface area (Å²) in [5, 5.41) is 5.83. The van der Waals surface area contributed by atoms with E-state index in [1.807, 2.05) is 27.7 Å². The first-order valence-electron chi connectivity index (χ1n) is 9.29. The molecule has 3 N–H and O–H groups in total. The number of rotatable bonds is 16. The SMILES string of the molecule is CC(C)NCC(=O)NCCOCCOCCOCCOC(C)C.CS(=O)(=O)O. The Morgan fingerprint density at radius 1 is 0.893 bits per heavy atom. The molecule has 0 bridgehead atoms. The summed E-state index contributed by atoms with van der Waals surface area (Å²) in [6.45, 7) is 12.7. The Morgan fingerprint density at radius 2 is 1.32 bits per heavy atom. The molecule has 0 aliphatic carbocycles. The fourth-order valence-electron chi connectivity index (χ4n) is 1.51. The van der Waals surface area contributed by atoms with Crippen LogP contribution < -0.4 is 10.6 Å². The van der Waals surface area contributed by atoms with Crippen molar-refractivity contribution in [3.63, 3.8) is 0 Å². The molecule has 1 amide bonds. The maximum atomic E-state index is 11.4. The molecule has 0 atom stereocenters. The fraction of sp³-hybridized carbons (Fsp3) is 0.941. The topological polar surface area (TPSA) is 132 Å². The minimum atomic E-state index is -3.67. The first-order chi connectivity index (χ1) is 13.0. The minimum absolute atomic E-state index is 0.0165. The monoisotopic (exact) mass is 430 g/mol. The van der Waals surface area contributed by atoms with Crippen molar-refractivity contribution in [3.8, 4) is 0 Å². The highest BCUT2D eigenvalue weighted by Crippen LogP contribution is 1.87. The largest absolute Gasteiger partial charge is 0.377 e. The molecule has 0 saturated carbocycles. The molecule has 11 heteroatoms. The highest BCUT2D eigenvalue weighted by atomic mass is 32.2. The number of ether oxygens (including phenoxy) is 4. The van der Waals surface area contributed by atoms with Gasteiger partial charge in [-0.25, -0.2) is 0 Å². The van der Waals surface area contributed by atoms with Crippen molar-refractivity contribution in [2.75, 3.05) is 65.6 Å². The van der Waals surface area contributed by atoms with Crippen molar-refractivity contribution < 1.29 is 36.7 Å². The smallest absolute Gasteiger partial charge is 0.261 e. The summed E-state index contributed by atoms with van der Waals surface area (Å²) < 4.78 is 47.3. The number of amides is 1. The average molecular weight is 431 g/mol. The fourth-order valence-corrected chi connectivity index (χ4v) is 1.51. The Bertz CT molecular complexity index is 450. The van der Waals surface area contributed by atoms with Gasteiger partial charge in [-0.1, -0.05) is 13.8 Å². The minimum Gasteiger partial charge on any atom is -0.377 e. The second-order valence-electron chi connectivity index (χ2n) is 6.38. The maximum absolute atomic E-state index is 11.4. The lowest BCUT2D eigenvalue weighted by molar-refractivity contribution is -0.120. The van der Waals surface area contributed by atoms with E-state index >= 15 is 0 Å². The van der Waals surface area contributed by atoms with E-state index in [1.54, 1.807) is 0 Å². The van der Waals surface area contributed by atoms with E-state index in [1.165, 1.54) is 0 Å². The number of carbonyl (C=O) groups is 1. The second-order valence-corrected chi connectivity index (χ2v) is 7.84. The molecule has 0 radical (unpaired) electrons. The van der Waals surface area contributed by atoms with Gasteiger partial charge >= 0.3 is 0 Å². The van der Waals surface area contributed by atoms with E-state index in [0.717, 1.165) is 0 Å². The van der Waals surface area contributed by atoms with Crippen molar-refractivity contribution in [3.05, 3.63) is 0 Å². The van der Waals surface area contributed by atoms with Crippen LogP contribution in [0.1, 0.15) is 27.7 Å². The molecule has 0 rings (SSSR count). The Kier molecular flexibility index (Phi) is 20.5. The van der Waals surface area contributed by atoms with Gasteiger partial charge in [0, 0.05) is 12.6 Å². The third kappa shape index (κ3) is 36.2. The quantitative estimate of drug-likeness (QED) is 0.230. The first kappa shape index (κ1) is 29.4. The standard InChI is InChI=1S/C16H34N2O5.CH4O3S/c1-14(2)18-13-16(19)17-5-6-20-7-8-21-9-10-22-11-12-23-15(3)4;1-5(2,3)4/h14-15,18H,5-13H2,1-4H3,(H,17,19);1H3,(H,2,3,4). The van der Waals surface area contributed by atoms with Gasteiger partial charge in [0.1, 0.15) is 0 Å². The number of nitrogens with one attached hydrogen (secondary N) is 2. The molecule has 170 valence electrons. The summed E-state index contributed by atoms with van der Waals surface area (Å²) in [4.78, 5) is 11.4. The van der Waals surface area contributed by atoms with E-state index in [4.69, 9.17) is 23.5 Å². The second kappa shape index (κ2) is 19.5. The zero-order valence-electron chi connectivity index (χ0n) is 17.7. The van der Waals surface area contributed by atoms with Gasteiger partial charge in [0.05, 0.1) is 65.2 Å². The van der Waals surface area contributed by atoms with Crippen molar-refractivity contribution in [1.29, 1.82) is 0 Å². The van der Waals surface area contributed by atoms with Gasteiger partial charge in [0.2, 0.25) is 5.91 Å². The molecule has 0 spiro atoms. The summed E-state index contributed by atoms with van der Waals surface area (Å²) in [7, 11) is -3.67. The van der Waals surface area contributed by atoms with Gasteiger partial charge in [-0.3, -0.25) is 9.35 Å². The zero-order chi connectivity index (χ0) is 21.8. The third-order valence-corrected chi connectivity index (χ3v) is 2.66. The number of carbonyl (C=O) groups excluding carboxylic acids is 1. The molecule has 0 aromatic heterocycles. The van der Waals surface area contributed by atoms with Gasteiger partial charge in [0.25, 0.3) is 10.1 Å². The predicted octanol–water partition coefficient (Wildman–Crippen LogP) is 0.0794. The summed E-state index contributed by atoms with van der Waals surface area (Å²) >= 11 is 0. The Labute approximate surface area is 169 Å². The van der Waals surface area contributed by atoms with Crippen molar-refractivity contribution in [1.82, 2.24) is 10.6 Å². The first-order valence-corrected chi connectivity index (χ1v) is 11.1. The van der Waals surface area contributed by atoms with Crippen LogP contribution in [0.4, 0.5) is 0 Å². The molecule has 0 fully saturated rings. The van der Waals surface area contributed by atoms with Crippen LogP contribution in [0.15, 0.2) is 0 Å². The molecule has 0 unspecified atom stereocenters. The lowest BCUT2D eigenvalue weighted by Gasteiger charge is -2.10. The predicted molar refractivity (Wildman–Crippen MR) is 107 cm³/mol. The van der Waals surface area contributed by atoms with Gasteiger partial charge in [0.15, 0.2) is 0 Å². The lowest BCUT2D eigenvalue weighted by Crippen LogP contribution is -2.38. The van der Waals surface area contributed by atoms with Crippen LogP contribution in [0.25, 0.3) is 0 Å². The van der Waals surface area contributed by atoms with E-state index in [0.29, 0.717) is 71.6 Å². The van der Waals surface area contributed by atoms with Crippen molar-refractivity contribution in [2.45, 2.75) is 39.8 Å². The molecule has 0 aromatic carbocycles. The van der Waals surface area contributed by atoms with Gasteiger partial charge in [-0.05, 0) is 13.8 Å². The van der Waals surface area contributed by atoms with Crippen LogP contribution in [0.5, 0.6) is 0 Å². The Morgan fingerprint density at radius 3 is 1.75 bits per heavy atom. The van der Waals surface area contributed by atoms with Crippen LogP contribution in [0, 0.1) is 0 Å². The van der Waals surface area contributed by atoms with Crippen LogP contribution >= 0.6 is 0 Å². The van der Waals surface area contributed by atoms with Crippen molar-refractivity contribution >= 4 is 16.0 Å². The van der Waals surface area contributed by atoms with Gasteiger partial charge < -0.3 is 29.6 Å². The molecular weight excluding hydrogens is 392 g/mol. The molecule has 28 heavy (non-hydrogen) atoms. The molecule has 10 nitrogen and oxygen atoms in total. The summed E-state index contributed by atoms with van der Waals surface area (Å²) in [6.07, 6.45) is 0.954. The zero-order valence-corrected chi connectivity index (χ0v) is 18.5. The molecule has 0 heterocycles. The van der Waals surface area contributed by atoms with E-state index in [9.17, 15) is 13.2 Å². The van der Waals surface area contributed by atoms with Gasteiger partial charge in [-0.15, -0.1) is 0 Å².